The zero-order valence-corrected chi connectivity index (χ0v) is 23.7. The number of hydrogen-bond acceptors (Lipinski definition) is 2. The van der Waals surface area contributed by atoms with Crippen molar-refractivity contribution in [1.82, 2.24) is 0 Å². The standard InChI is InChI=1S/C29H49IO2/c1-20(2)7-6-8-21(3)25-11-12-26-24-10-9-22-17-23(32-19-31-5)13-16-29(22,18-30)27(24)14-15-28(25,26)4/h9,20-21,23-27H,6-8,10-19H2,1-5H3/t21-,23+,24+,25-,26+,27+,28-,29-/m1/s1. The molecule has 0 aromatic rings. The molecule has 0 unspecified atom stereocenters. The first-order valence-electron chi connectivity index (χ1n) is 13.7. The average Bonchev–Trinajstić information content (AvgIpc) is 3.14. The third-order valence-corrected chi connectivity index (χ3v) is 12.0. The van der Waals surface area contributed by atoms with Gasteiger partial charge in [-0.3, -0.25) is 0 Å². The summed E-state index contributed by atoms with van der Waals surface area (Å²) in [4.78, 5) is 0. The summed E-state index contributed by atoms with van der Waals surface area (Å²) in [6.07, 6.45) is 18.3. The van der Waals surface area contributed by atoms with Crippen LogP contribution in [0.1, 0.15) is 98.3 Å². The molecule has 3 heteroatoms. The van der Waals surface area contributed by atoms with E-state index in [0.29, 0.717) is 23.7 Å². The van der Waals surface area contributed by atoms with Gasteiger partial charge in [-0.15, -0.1) is 0 Å². The number of fused-ring (bicyclic) bond motifs is 5. The third-order valence-electron chi connectivity index (χ3n) is 10.6. The van der Waals surface area contributed by atoms with Gasteiger partial charge in [0.1, 0.15) is 6.79 Å². The van der Waals surface area contributed by atoms with Gasteiger partial charge in [-0.1, -0.05) is 81.2 Å². The van der Waals surface area contributed by atoms with E-state index < -0.39 is 0 Å². The molecule has 0 saturated heterocycles. The van der Waals surface area contributed by atoms with Crippen LogP contribution in [0.5, 0.6) is 0 Å². The van der Waals surface area contributed by atoms with Crippen LogP contribution in [0.4, 0.5) is 0 Å². The molecule has 0 radical (unpaired) electrons. The minimum atomic E-state index is 0.366. The Labute approximate surface area is 212 Å². The van der Waals surface area contributed by atoms with E-state index in [-0.39, 0.29) is 0 Å². The van der Waals surface area contributed by atoms with E-state index in [1.165, 1.54) is 68.6 Å². The first-order chi connectivity index (χ1) is 15.4. The summed E-state index contributed by atoms with van der Waals surface area (Å²) >= 11 is 2.73. The molecule has 0 amide bonds. The molecule has 2 nitrogen and oxygen atoms in total. The minimum absolute atomic E-state index is 0.366. The summed E-state index contributed by atoms with van der Waals surface area (Å²) in [6.45, 7) is 10.5. The molecule has 0 heterocycles. The predicted molar refractivity (Wildman–Crippen MR) is 143 cm³/mol. The zero-order chi connectivity index (χ0) is 22.9. The largest absolute Gasteiger partial charge is 0.359 e. The Morgan fingerprint density at radius 1 is 1.06 bits per heavy atom. The molecule has 8 atom stereocenters. The first kappa shape index (κ1) is 25.5. The number of methoxy groups -OCH3 is 1. The molecule has 0 N–H and O–H groups in total. The molecule has 0 aromatic heterocycles. The lowest BCUT2D eigenvalue weighted by atomic mass is 9.47. The molecule has 3 saturated carbocycles. The van der Waals surface area contributed by atoms with E-state index in [1.54, 1.807) is 12.7 Å². The van der Waals surface area contributed by atoms with Gasteiger partial charge in [0.05, 0.1) is 6.10 Å². The lowest BCUT2D eigenvalue weighted by molar-refractivity contribution is -0.0973. The Hall–Kier alpha value is 0.390. The van der Waals surface area contributed by atoms with Gasteiger partial charge in [0, 0.05) is 17.0 Å². The van der Waals surface area contributed by atoms with Gasteiger partial charge in [-0.25, -0.2) is 0 Å². The normalized spacial score (nSPS) is 42.2. The van der Waals surface area contributed by atoms with Crippen LogP contribution in [0, 0.1) is 46.3 Å². The minimum Gasteiger partial charge on any atom is -0.359 e. The molecule has 184 valence electrons. The number of allylic oxidation sites excluding steroid dienone is 1. The summed E-state index contributed by atoms with van der Waals surface area (Å²) in [5.41, 5.74) is 2.80. The lowest BCUT2D eigenvalue weighted by Crippen LogP contribution is -2.52. The van der Waals surface area contributed by atoms with Crippen LogP contribution in [-0.4, -0.2) is 24.4 Å². The highest BCUT2D eigenvalue weighted by Crippen LogP contribution is 2.67. The SMILES string of the molecule is COCO[C@H]1CC[C@@]2(CI)C(=CC[C@@H]3[C@@H]2CC[C@]2(C)[C@@H]([C@H](C)CCCC(C)C)CC[C@@H]32)C1. The Morgan fingerprint density at radius 3 is 2.59 bits per heavy atom. The van der Waals surface area contributed by atoms with Crippen LogP contribution >= 0.6 is 22.6 Å². The second kappa shape index (κ2) is 10.6. The maximum atomic E-state index is 6.01. The number of ether oxygens (including phenoxy) is 2. The zero-order valence-electron chi connectivity index (χ0n) is 21.5. The lowest BCUT2D eigenvalue weighted by Gasteiger charge is -2.59. The fourth-order valence-corrected chi connectivity index (χ4v) is 10.4. The smallest absolute Gasteiger partial charge is 0.146 e. The summed E-state index contributed by atoms with van der Waals surface area (Å²) < 4.78 is 12.5. The van der Waals surface area contributed by atoms with Crippen molar-refractivity contribution in [2.24, 2.45) is 46.3 Å². The van der Waals surface area contributed by atoms with Crippen molar-refractivity contribution in [3.8, 4) is 0 Å². The Balaban J connectivity index is 1.48. The van der Waals surface area contributed by atoms with Crippen LogP contribution in [-0.2, 0) is 9.47 Å². The van der Waals surface area contributed by atoms with Gasteiger partial charge in [0.2, 0.25) is 0 Å². The van der Waals surface area contributed by atoms with Crippen LogP contribution < -0.4 is 0 Å². The number of alkyl halides is 1. The van der Waals surface area contributed by atoms with Crippen molar-refractivity contribution in [2.45, 2.75) is 104 Å². The van der Waals surface area contributed by atoms with Crippen LogP contribution in [0.2, 0.25) is 0 Å². The molecule has 32 heavy (non-hydrogen) atoms. The molecular formula is C29H49IO2. The summed E-state index contributed by atoms with van der Waals surface area (Å²) in [5, 5.41) is 0. The molecule has 0 aromatic carbocycles. The van der Waals surface area contributed by atoms with Crippen molar-refractivity contribution in [3.63, 3.8) is 0 Å². The van der Waals surface area contributed by atoms with E-state index in [0.717, 1.165) is 41.9 Å². The molecule has 4 rings (SSSR count). The van der Waals surface area contributed by atoms with E-state index in [9.17, 15) is 0 Å². The van der Waals surface area contributed by atoms with E-state index in [4.69, 9.17) is 9.47 Å². The van der Waals surface area contributed by atoms with Gasteiger partial charge in [0.15, 0.2) is 0 Å². The Bertz CT molecular complexity index is 660. The molecule has 0 spiro atoms. The van der Waals surface area contributed by atoms with Crippen LogP contribution in [0.15, 0.2) is 11.6 Å². The Kier molecular flexibility index (Phi) is 8.41. The second-order valence-corrected chi connectivity index (χ2v) is 13.4. The van der Waals surface area contributed by atoms with Crippen LogP contribution in [0.25, 0.3) is 0 Å². The summed E-state index contributed by atoms with van der Waals surface area (Å²) in [6, 6.07) is 0. The molecule has 0 aliphatic heterocycles. The highest BCUT2D eigenvalue weighted by Gasteiger charge is 2.60. The van der Waals surface area contributed by atoms with Crippen LogP contribution in [0.3, 0.4) is 0 Å². The van der Waals surface area contributed by atoms with Crippen molar-refractivity contribution in [2.75, 3.05) is 18.3 Å². The van der Waals surface area contributed by atoms with Gasteiger partial charge in [0.25, 0.3) is 0 Å². The van der Waals surface area contributed by atoms with E-state index in [1.807, 2.05) is 0 Å². The van der Waals surface area contributed by atoms with Gasteiger partial charge >= 0.3 is 0 Å². The maximum absolute atomic E-state index is 6.01. The van der Waals surface area contributed by atoms with Crippen molar-refractivity contribution in [3.05, 3.63) is 11.6 Å². The highest BCUT2D eigenvalue weighted by atomic mass is 127. The van der Waals surface area contributed by atoms with E-state index >= 15 is 0 Å². The number of rotatable bonds is 9. The Morgan fingerprint density at radius 2 is 1.88 bits per heavy atom. The third kappa shape index (κ3) is 4.62. The predicted octanol–water partition coefficient (Wildman–Crippen LogP) is 8.43. The van der Waals surface area contributed by atoms with Crippen molar-refractivity contribution >= 4 is 22.6 Å². The maximum Gasteiger partial charge on any atom is 0.146 e. The van der Waals surface area contributed by atoms with Gasteiger partial charge in [-0.2, -0.15) is 0 Å². The molecular weight excluding hydrogens is 507 g/mol. The summed E-state index contributed by atoms with van der Waals surface area (Å²) in [5.74, 6) is 5.51. The highest BCUT2D eigenvalue weighted by molar-refractivity contribution is 14.1. The first-order valence-corrected chi connectivity index (χ1v) is 15.2. The quantitative estimate of drug-likeness (QED) is 0.123. The van der Waals surface area contributed by atoms with E-state index in [2.05, 4.69) is 56.4 Å². The molecule has 0 bridgehead atoms. The molecule has 3 fully saturated rings. The second-order valence-electron chi connectivity index (χ2n) is 12.6. The van der Waals surface area contributed by atoms with Crippen molar-refractivity contribution in [1.29, 1.82) is 0 Å². The van der Waals surface area contributed by atoms with Gasteiger partial charge < -0.3 is 9.47 Å². The molecule has 4 aliphatic carbocycles. The number of halogens is 1. The fraction of sp³-hybridized carbons (Fsp3) is 0.931. The van der Waals surface area contributed by atoms with Gasteiger partial charge in [-0.05, 0) is 92.3 Å². The van der Waals surface area contributed by atoms with Crippen molar-refractivity contribution < 1.29 is 9.47 Å². The average molecular weight is 557 g/mol. The summed E-state index contributed by atoms with van der Waals surface area (Å²) in [7, 11) is 1.74. The topological polar surface area (TPSA) is 18.5 Å². The molecule has 4 aliphatic rings. The monoisotopic (exact) mass is 556 g/mol. The number of hydrogen-bond donors (Lipinski definition) is 0. The fourth-order valence-electron chi connectivity index (χ4n) is 9.00.